The standard InChI is InChI=1S/C11H10N2O5/c14-9-5-18-8-2-1-6(3-7(8)13-9)11(17)12-4-10(15)16/h1-3H,4-5H2,(H,12,17)(H,13,14)(H,15,16). The second-order valence-electron chi connectivity index (χ2n) is 3.62. The van der Waals surface area contributed by atoms with Gasteiger partial charge >= 0.3 is 5.97 Å². The molecule has 0 bridgehead atoms. The van der Waals surface area contributed by atoms with Crippen LogP contribution < -0.4 is 15.4 Å². The van der Waals surface area contributed by atoms with Gasteiger partial charge in [-0.15, -0.1) is 0 Å². The Bertz CT molecular complexity index is 526. The van der Waals surface area contributed by atoms with E-state index in [1.54, 1.807) is 6.07 Å². The maximum atomic E-state index is 11.6. The normalized spacial score (nSPS) is 13.0. The molecular formula is C11H10N2O5. The summed E-state index contributed by atoms with van der Waals surface area (Å²) >= 11 is 0. The molecule has 1 aromatic rings. The van der Waals surface area contributed by atoms with Crippen LogP contribution in [0.5, 0.6) is 5.75 Å². The van der Waals surface area contributed by atoms with Gasteiger partial charge in [-0.1, -0.05) is 0 Å². The van der Waals surface area contributed by atoms with Gasteiger partial charge in [-0.05, 0) is 18.2 Å². The first kappa shape index (κ1) is 11.9. The van der Waals surface area contributed by atoms with Crippen LogP contribution in [-0.2, 0) is 9.59 Å². The Balaban J connectivity index is 2.15. The molecule has 1 aliphatic heterocycles. The highest BCUT2D eigenvalue weighted by atomic mass is 16.5. The van der Waals surface area contributed by atoms with Crippen LogP contribution in [0.3, 0.4) is 0 Å². The smallest absolute Gasteiger partial charge is 0.322 e. The molecule has 7 nitrogen and oxygen atoms in total. The number of anilines is 1. The molecule has 0 atom stereocenters. The lowest BCUT2D eigenvalue weighted by atomic mass is 10.1. The van der Waals surface area contributed by atoms with Gasteiger partial charge in [0.1, 0.15) is 12.3 Å². The van der Waals surface area contributed by atoms with Gasteiger partial charge in [0.05, 0.1) is 5.69 Å². The largest absolute Gasteiger partial charge is 0.482 e. The van der Waals surface area contributed by atoms with E-state index in [0.29, 0.717) is 11.4 Å². The van der Waals surface area contributed by atoms with Gasteiger partial charge < -0.3 is 20.5 Å². The summed E-state index contributed by atoms with van der Waals surface area (Å²) in [4.78, 5) is 33.0. The van der Waals surface area contributed by atoms with Crippen molar-refractivity contribution in [2.24, 2.45) is 0 Å². The van der Waals surface area contributed by atoms with Crippen molar-refractivity contribution in [1.82, 2.24) is 5.32 Å². The van der Waals surface area contributed by atoms with Crippen molar-refractivity contribution in [3.63, 3.8) is 0 Å². The van der Waals surface area contributed by atoms with Crippen LogP contribution in [0.15, 0.2) is 18.2 Å². The van der Waals surface area contributed by atoms with E-state index in [4.69, 9.17) is 9.84 Å². The fourth-order valence-corrected chi connectivity index (χ4v) is 1.48. The predicted molar refractivity (Wildman–Crippen MR) is 60.5 cm³/mol. The van der Waals surface area contributed by atoms with Crippen molar-refractivity contribution in [1.29, 1.82) is 0 Å². The third-order valence-corrected chi connectivity index (χ3v) is 2.27. The van der Waals surface area contributed by atoms with Crippen LogP contribution in [0.25, 0.3) is 0 Å². The van der Waals surface area contributed by atoms with Crippen molar-refractivity contribution in [2.75, 3.05) is 18.5 Å². The number of amides is 2. The second-order valence-corrected chi connectivity index (χ2v) is 3.62. The fraction of sp³-hybridized carbons (Fsp3) is 0.182. The lowest BCUT2D eigenvalue weighted by Crippen LogP contribution is -2.30. The Labute approximate surface area is 102 Å². The summed E-state index contributed by atoms with van der Waals surface area (Å²) in [6.07, 6.45) is 0. The average Bonchev–Trinajstić information content (AvgIpc) is 2.34. The molecule has 2 amide bonds. The molecule has 0 saturated heterocycles. The number of nitrogens with one attached hydrogen (secondary N) is 2. The number of rotatable bonds is 3. The topological polar surface area (TPSA) is 105 Å². The van der Waals surface area contributed by atoms with E-state index in [9.17, 15) is 14.4 Å². The van der Waals surface area contributed by atoms with Gasteiger partial charge in [0, 0.05) is 5.56 Å². The minimum absolute atomic E-state index is 0.0580. The Morgan fingerprint density at radius 3 is 2.94 bits per heavy atom. The molecule has 0 radical (unpaired) electrons. The Kier molecular flexibility index (Phi) is 3.13. The number of carbonyl (C=O) groups is 3. The number of carboxylic acid groups (broad SMARTS) is 1. The minimum atomic E-state index is -1.13. The molecular weight excluding hydrogens is 240 g/mol. The van der Waals surface area contributed by atoms with Crippen LogP contribution >= 0.6 is 0 Å². The summed E-state index contributed by atoms with van der Waals surface area (Å²) in [5.41, 5.74) is 0.648. The number of ether oxygens (including phenoxy) is 1. The maximum absolute atomic E-state index is 11.6. The highest BCUT2D eigenvalue weighted by Crippen LogP contribution is 2.28. The zero-order valence-electron chi connectivity index (χ0n) is 9.23. The monoisotopic (exact) mass is 250 g/mol. The molecule has 3 N–H and O–H groups in total. The lowest BCUT2D eigenvalue weighted by molar-refractivity contribution is -0.135. The summed E-state index contributed by atoms with van der Waals surface area (Å²) in [7, 11) is 0. The molecule has 94 valence electrons. The molecule has 0 aliphatic carbocycles. The van der Waals surface area contributed by atoms with Gasteiger partial charge in [0.2, 0.25) is 0 Å². The van der Waals surface area contributed by atoms with Crippen molar-refractivity contribution in [3.8, 4) is 5.75 Å². The van der Waals surface area contributed by atoms with E-state index in [0.717, 1.165) is 0 Å². The van der Waals surface area contributed by atoms with Crippen LogP contribution in [0, 0.1) is 0 Å². The Hall–Kier alpha value is -2.57. The number of benzene rings is 1. The summed E-state index contributed by atoms with van der Waals surface area (Å²) < 4.78 is 5.13. The number of hydrogen-bond donors (Lipinski definition) is 3. The van der Waals surface area contributed by atoms with E-state index in [-0.39, 0.29) is 18.1 Å². The van der Waals surface area contributed by atoms with Gasteiger partial charge in [-0.3, -0.25) is 14.4 Å². The van der Waals surface area contributed by atoms with Crippen LogP contribution in [-0.4, -0.2) is 36.0 Å². The molecule has 0 fully saturated rings. The molecule has 7 heteroatoms. The number of hydrogen-bond acceptors (Lipinski definition) is 4. The lowest BCUT2D eigenvalue weighted by Gasteiger charge is -2.18. The van der Waals surface area contributed by atoms with Gasteiger partial charge in [0.25, 0.3) is 11.8 Å². The summed E-state index contributed by atoms with van der Waals surface area (Å²) in [6, 6.07) is 4.47. The Morgan fingerprint density at radius 2 is 2.22 bits per heavy atom. The summed E-state index contributed by atoms with van der Waals surface area (Å²) in [6.45, 7) is -0.518. The number of carboxylic acids is 1. The first-order chi connectivity index (χ1) is 8.56. The third-order valence-electron chi connectivity index (χ3n) is 2.27. The Morgan fingerprint density at radius 1 is 1.44 bits per heavy atom. The zero-order chi connectivity index (χ0) is 13.1. The summed E-state index contributed by atoms with van der Waals surface area (Å²) in [5.74, 6) is -1.48. The van der Waals surface area contributed by atoms with Crippen molar-refractivity contribution >= 4 is 23.5 Å². The predicted octanol–water partition coefficient (Wildman–Crippen LogP) is -0.168. The van der Waals surface area contributed by atoms with E-state index in [1.165, 1.54) is 12.1 Å². The molecule has 0 saturated carbocycles. The zero-order valence-corrected chi connectivity index (χ0v) is 9.23. The molecule has 0 aromatic heterocycles. The van der Waals surface area contributed by atoms with Crippen LogP contribution in [0.4, 0.5) is 5.69 Å². The van der Waals surface area contributed by atoms with Gasteiger partial charge in [-0.2, -0.15) is 0 Å². The quantitative estimate of drug-likeness (QED) is 0.691. The van der Waals surface area contributed by atoms with Gasteiger partial charge in [-0.25, -0.2) is 0 Å². The first-order valence-electron chi connectivity index (χ1n) is 5.13. The van der Waals surface area contributed by atoms with E-state index in [1.807, 2.05) is 0 Å². The molecule has 1 aromatic carbocycles. The third kappa shape index (κ3) is 2.57. The molecule has 18 heavy (non-hydrogen) atoms. The molecule has 0 unspecified atom stereocenters. The van der Waals surface area contributed by atoms with Crippen molar-refractivity contribution in [3.05, 3.63) is 23.8 Å². The number of fused-ring (bicyclic) bond motifs is 1. The van der Waals surface area contributed by atoms with E-state index < -0.39 is 18.4 Å². The SMILES string of the molecule is O=C(O)CNC(=O)c1ccc2c(c1)NC(=O)CO2. The molecule has 1 aliphatic rings. The minimum Gasteiger partial charge on any atom is -0.482 e. The number of carbonyl (C=O) groups excluding carboxylic acids is 2. The molecule has 0 spiro atoms. The van der Waals surface area contributed by atoms with Crippen LogP contribution in [0.2, 0.25) is 0 Å². The number of aliphatic carboxylic acids is 1. The highest BCUT2D eigenvalue weighted by Gasteiger charge is 2.17. The molecule has 2 rings (SSSR count). The van der Waals surface area contributed by atoms with Crippen LogP contribution in [0.1, 0.15) is 10.4 Å². The fourth-order valence-electron chi connectivity index (χ4n) is 1.48. The van der Waals surface area contributed by atoms with Gasteiger partial charge in [0.15, 0.2) is 6.61 Å². The van der Waals surface area contributed by atoms with E-state index >= 15 is 0 Å². The van der Waals surface area contributed by atoms with Crippen molar-refractivity contribution < 1.29 is 24.2 Å². The van der Waals surface area contributed by atoms with Crippen molar-refractivity contribution in [2.45, 2.75) is 0 Å². The first-order valence-corrected chi connectivity index (χ1v) is 5.13. The average molecular weight is 250 g/mol. The molecule has 1 heterocycles. The second kappa shape index (κ2) is 4.74. The maximum Gasteiger partial charge on any atom is 0.322 e. The van der Waals surface area contributed by atoms with E-state index in [2.05, 4.69) is 10.6 Å². The highest BCUT2D eigenvalue weighted by molar-refractivity contribution is 6.00. The summed E-state index contributed by atoms with van der Waals surface area (Å²) in [5, 5.41) is 13.2.